The Kier molecular flexibility index (Phi) is 6.53. The minimum atomic E-state index is -0.302. The lowest BCUT2D eigenvalue weighted by Gasteiger charge is -2.16. The Labute approximate surface area is 174 Å². The number of thiazole rings is 1. The third kappa shape index (κ3) is 4.59. The highest BCUT2D eigenvalue weighted by molar-refractivity contribution is 7.22. The largest absolute Gasteiger partial charge is 0.490 e. The van der Waals surface area contributed by atoms with Crippen molar-refractivity contribution in [3.05, 3.63) is 35.0 Å². The summed E-state index contributed by atoms with van der Waals surface area (Å²) in [4.78, 5) is 21.8. The maximum Gasteiger partial charge on any atom is 0.257 e. The van der Waals surface area contributed by atoms with Crippen molar-refractivity contribution in [3.8, 4) is 17.2 Å². The van der Waals surface area contributed by atoms with E-state index in [1.54, 1.807) is 12.1 Å². The van der Waals surface area contributed by atoms with E-state index in [4.69, 9.17) is 14.2 Å². The molecule has 3 rings (SSSR count). The van der Waals surface area contributed by atoms with E-state index in [1.807, 2.05) is 40.7 Å². The fourth-order valence-electron chi connectivity index (χ4n) is 2.97. The molecule has 8 heteroatoms. The predicted octanol–water partition coefficient (Wildman–Crippen LogP) is 4.76. The number of hydrogen-bond donors (Lipinski definition) is 1. The van der Waals surface area contributed by atoms with Crippen molar-refractivity contribution >= 4 is 32.7 Å². The SMILES string of the molecule is CCOc1cc(C(=O)Nc2nc3nc(C)cc(C)c3s2)cc(OCC)c1OCC. The molecule has 2 heterocycles. The van der Waals surface area contributed by atoms with Gasteiger partial charge in [-0.15, -0.1) is 0 Å². The Hall–Kier alpha value is -2.87. The van der Waals surface area contributed by atoms with Crippen LogP contribution >= 0.6 is 11.3 Å². The van der Waals surface area contributed by atoms with E-state index in [0.29, 0.717) is 53.4 Å². The van der Waals surface area contributed by atoms with E-state index in [-0.39, 0.29) is 5.91 Å². The van der Waals surface area contributed by atoms with Crippen molar-refractivity contribution in [2.24, 2.45) is 0 Å². The molecule has 0 fully saturated rings. The molecule has 7 nitrogen and oxygen atoms in total. The van der Waals surface area contributed by atoms with Crippen LogP contribution in [0.3, 0.4) is 0 Å². The molecule has 0 radical (unpaired) electrons. The lowest BCUT2D eigenvalue weighted by Crippen LogP contribution is -2.13. The monoisotopic (exact) mass is 415 g/mol. The number of carbonyl (C=O) groups excluding carboxylic acids is 1. The van der Waals surface area contributed by atoms with Crippen LogP contribution in [0.15, 0.2) is 18.2 Å². The molecular weight excluding hydrogens is 390 g/mol. The van der Waals surface area contributed by atoms with E-state index in [2.05, 4.69) is 15.3 Å². The summed E-state index contributed by atoms with van der Waals surface area (Å²) in [5.74, 6) is 1.15. The maximum absolute atomic E-state index is 12.9. The number of nitrogens with zero attached hydrogens (tertiary/aromatic N) is 2. The number of aryl methyl sites for hydroxylation is 2. The average Bonchev–Trinajstić information content (AvgIpc) is 3.07. The number of rotatable bonds is 8. The van der Waals surface area contributed by atoms with Gasteiger partial charge in [0.1, 0.15) is 0 Å². The maximum atomic E-state index is 12.9. The molecular formula is C21H25N3O4S. The molecule has 0 unspecified atom stereocenters. The fraction of sp³-hybridized carbons (Fsp3) is 0.381. The summed E-state index contributed by atoms with van der Waals surface area (Å²) in [5.41, 5.74) is 3.02. The van der Waals surface area contributed by atoms with Crippen LogP contribution in [-0.4, -0.2) is 35.7 Å². The summed E-state index contributed by atoms with van der Waals surface area (Å²) < 4.78 is 18.0. The molecule has 0 bridgehead atoms. The Morgan fingerprint density at radius 2 is 1.59 bits per heavy atom. The van der Waals surface area contributed by atoms with Crippen LogP contribution in [0.4, 0.5) is 5.13 Å². The van der Waals surface area contributed by atoms with Crippen LogP contribution in [0.25, 0.3) is 10.3 Å². The third-order valence-corrected chi connectivity index (χ3v) is 5.16. The molecule has 29 heavy (non-hydrogen) atoms. The highest BCUT2D eigenvalue weighted by atomic mass is 32.1. The second kappa shape index (κ2) is 9.09. The van der Waals surface area contributed by atoms with Gasteiger partial charge in [-0.3, -0.25) is 10.1 Å². The zero-order chi connectivity index (χ0) is 21.0. The van der Waals surface area contributed by atoms with Gasteiger partial charge in [0.2, 0.25) is 5.75 Å². The molecule has 1 N–H and O–H groups in total. The molecule has 154 valence electrons. The van der Waals surface area contributed by atoms with Crippen LogP contribution in [0.1, 0.15) is 42.4 Å². The van der Waals surface area contributed by atoms with Gasteiger partial charge in [-0.1, -0.05) is 11.3 Å². The zero-order valence-corrected chi connectivity index (χ0v) is 18.1. The Morgan fingerprint density at radius 3 is 2.17 bits per heavy atom. The van der Waals surface area contributed by atoms with Crippen LogP contribution < -0.4 is 19.5 Å². The molecule has 3 aromatic rings. The smallest absolute Gasteiger partial charge is 0.257 e. The number of amides is 1. The second-order valence-electron chi connectivity index (χ2n) is 6.31. The number of nitrogens with one attached hydrogen (secondary N) is 1. The van der Waals surface area contributed by atoms with Crippen molar-refractivity contribution in [1.29, 1.82) is 0 Å². The number of pyridine rings is 1. The van der Waals surface area contributed by atoms with Crippen LogP contribution in [0.2, 0.25) is 0 Å². The molecule has 0 saturated carbocycles. The molecule has 1 amide bonds. The average molecular weight is 416 g/mol. The van der Waals surface area contributed by atoms with Gasteiger partial charge in [0.25, 0.3) is 5.91 Å². The van der Waals surface area contributed by atoms with Gasteiger partial charge in [0.15, 0.2) is 22.3 Å². The van der Waals surface area contributed by atoms with E-state index in [9.17, 15) is 4.79 Å². The lowest BCUT2D eigenvalue weighted by atomic mass is 10.1. The normalized spacial score (nSPS) is 10.8. The lowest BCUT2D eigenvalue weighted by molar-refractivity contribution is 0.102. The van der Waals surface area contributed by atoms with Crippen LogP contribution in [-0.2, 0) is 0 Å². The number of ether oxygens (including phenoxy) is 3. The van der Waals surface area contributed by atoms with Crippen LogP contribution in [0, 0.1) is 13.8 Å². The number of aromatic nitrogens is 2. The fourth-order valence-corrected chi connectivity index (χ4v) is 3.84. The minimum Gasteiger partial charge on any atom is -0.490 e. The Balaban J connectivity index is 1.94. The van der Waals surface area contributed by atoms with E-state index in [1.165, 1.54) is 11.3 Å². The highest BCUT2D eigenvalue weighted by Gasteiger charge is 2.19. The Bertz CT molecular complexity index is 1010. The predicted molar refractivity (Wildman–Crippen MR) is 115 cm³/mol. The molecule has 2 aromatic heterocycles. The molecule has 0 spiro atoms. The number of hydrogen-bond acceptors (Lipinski definition) is 7. The summed E-state index contributed by atoms with van der Waals surface area (Å²) in [5, 5.41) is 3.36. The summed E-state index contributed by atoms with van der Waals surface area (Å²) in [6, 6.07) is 5.32. The van der Waals surface area contributed by atoms with E-state index in [0.717, 1.165) is 16.0 Å². The standard InChI is InChI=1S/C21H25N3O4S/c1-6-26-15-10-14(11-16(27-7-2)17(15)28-8-3)20(25)24-21-23-19-18(29-21)12(4)9-13(5)22-19/h9-11H,6-8H2,1-5H3,(H,22,23,24,25). The van der Waals surface area contributed by atoms with Gasteiger partial charge in [-0.05, 0) is 58.4 Å². The first kappa shape index (κ1) is 20.9. The molecule has 0 aliphatic carbocycles. The molecule has 0 aliphatic heterocycles. The molecule has 0 saturated heterocycles. The van der Waals surface area contributed by atoms with Crippen molar-refractivity contribution in [2.75, 3.05) is 25.1 Å². The number of anilines is 1. The quantitative estimate of drug-likeness (QED) is 0.571. The summed E-state index contributed by atoms with van der Waals surface area (Å²) in [6.07, 6.45) is 0. The summed E-state index contributed by atoms with van der Waals surface area (Å²) in [7, 11) is 0. The highest BCUT2D eigenvalue weighted by Crippen LogP contribution is 2.39. The zero-order valence-electron chi connectivity index (χ0n) is 17.3. The van der Waals surface area contributed by atoms with Gasteiger partial charge in [0, 0.05) is 11.3 Å². The van der Waals surface area contributed by atoms with E-state index >= 15 is 0 Å². The van der Waals surface area contributed by atoms with E-state index < -0.39 is 0 Å². The van der Waals surface area contributed by atoms with Crippen molar-refractivity contribution in [2.45, 2.75) is 34.6 Å². The van der Waals surface area contributed by atoms with Crippen molar-refractivity contribution < 1.29 is 19.0 Å². The minimum absolute atomic E-state index is 0.302. The van der Waals surface area contributed by atoms with Crippen molar-refractivity contribution in [3.63, 3.8) is 0 Å². The number of benzene rings is 1. The first-order valence-electron chi connectivity index (χ1n) is 9.59. The van der Waals surface area contributed by atoms with Gasteiger partial charge in [0.05, 0.1) is 24.5 Å². The van der Waals surface area contributed by atoms with Gasteiger partial charge >= 0.3 is 0 Å². The first-order valence-corrected chi connectivity index (χ1v) is 10.4. The Morgan fingerprint density at radius 1 is 0.966 bits per heavy atom. The molecule has 0 aliphatic rings. The summed E-state index contributed by atoms with van der Waals surface area (Å²) >= 11 is 1.40. The topological polar surface area (TPSA) is 82.6 Å². The molecule has 1 aromatic carbocycles. The summed E-state index contributed by atoms with van der Waals surface area (Å²) in [6.45, 7) is 10.9. The van der Waals surface area contributed by atoms with Gasteiger partial charge in [-0.25, -0.2) is 4.98 Å². The number of carbonyl (C=O) groups is 1. The van der Waals surface area contributed by atoms with Gasteiger partial charge < -0.3 is 14.2 Å². The van der Waals surface area contributed by atoms with Crippen molar-refractivity contribution in [1.82, 2.24) is 9.97 Å². The van der Waals surface area contributed by atoms with Crippen LogP contribution in [0.5, 0.6) is 17.2 Å². The first-order chi connectivity index (χ1) is 14.0. The molecule has 0 atom stereocenters. The second-order valence-corrected chi connectivity index (χ2v) is 7.31. The third-order valence-electron chi connectivity index (χ3n) is 4.07. The number of fused-ring (bicyclic) bond motifs is 1. The van der Waals surface area contributed by atoms with Gasteiger partial charge in [-0.2, -0.15) is 4.98 Å².